The Hall–Kier alpha value is -9.64. The molecule has 0 amide bonds. The zero-order valence-corrected chi connectivity index (χ0v) is 74.7. The molecular weight excluding hydrogens is 1410 g/mol. The fourth-order valence-electron chi connectivity index (χ4n) is 21.2. The number of pyridine rings is 4. The highest BCUT2D eigenvalue weighted by molar-refractivity contribution is 5.74. The van der Waals surface area contributed by atoms with Gasteiger partial charge in [-0.1, -0.05) is 272 Å². The summed E-state index contributed by atoms with van der Waals surface area (Å²) in [6.07, 6.45) is 28.5. The van der Waals surface area contributed by atoms with Crippen molar-refractivity contribution in [3.8, 4) is 89.5 Å². The molecular formula is C113H140N4+4. The maximum absolute atomic E-state index is 9.04. The summed E-state index contributed by atoms with van der Waals surface area (Å²) < 4.78 is 17.9. The Labute approximate surface area is 709 Å². The molecule has 4 aromatic heterocycles. The Morgan fingerprint density at radius 2 is 0.667 bits per heavy atom. The van der Waals surface area contributed by atoms with Crippen LogP contribution in [0.25, 0.3) is 89.5 Å². The smallest absolute Gasteiger partial charge is 0.201 e. The van der Waals surface area contributed by atoms with Gasteiger partial charge in [-0.05, 0) is 275 Å². The molecule has 4 aliphatic rings. The number of nitrogens with zero attached hydrogens (tertiary/aromatic N) is 4. The molecule has 8 aromatic carbocycles. The highest BCUT2D eigenvalue weighted by Crippen LogP contribution is 2.57. The van der Waals surface area contributed by atoms with Gasteiger partial charge >= 0.3 is 0 Å². The minimum Gasteiger partial charge on any atom is -0.201 e. The fourth-order valence-corrected chi connectivity index (χ4v) is 21.2. The van der Waals surface area contributed by atoms with E-state index < -0.39 is 5.89 Å². The second kappa shape index (κ2) is 37.5. The van der Waals surface area contributed by atoms with Crippen molar-refractivity contribution in [2.24, 2.45) is 74.5 Å². The first-order valence-electron chi connectivity index (χ1n) is 45.2. The lowest BCUT2D eigenvalue weighted by molar-refractivity contribution is -0.660. The second-order valence-corrected chi connectivity index (χ2v) is 38.0. The third-order valence-corrected chi connectivity index (χ3v) is 28.4. The largest absolute Gasteiger partial charge is 0.213 e. The molecule has 2 unspecified atom stereocenters. The summed E-state index contributed by atoms with van der Waals surface area (Å²) in [7, 11) is 8.48. The Kier molecular flexibility index (Phi) is 26.9. The van der Waals surface area contributed by atoms with Gasteiger partial charge in [-0.15, -0.1) is 0 Å². The molecule has 4 fully saturated rings. The molecule has 4 aliphatic carbocycles. The first-order chi connectivity index (χ1) is 56.5. The summed E-state index contributed by atoms with van der Waals surface area (Å²) in [5.41, 5.74) is 32.7. The molecule has 0 saturated heterocycles. The monoisotopic (exact) mass is 1560 g/mol. The molecule has 0 radical (unpaired) electrons. The predicted molar refractivity (Wildman–Crippen MR) is 498 cm³/mol. The summed E-state index contributed by atoms with van der Waals surface area (Å²) in [6, 6.07) is 89.4. The van der Waals surface area contributed by atoms with E-state index in [9.17, 15) is 0 Å². The lowest BCUT2D eigenvalue weighted by atomic mass is 9.53. The van der Waals surface area contributed by atoms with Gasteiger partial charge in [0.2, 0.25) is 22.8 Å². The van der Waals surface area contributed by atoms with Gasteiger partial charge in [0, 0.05) is 73.6 Å². The van der Waals surface area contributed by atoms with E-state index in [2.05, 4.69) is 418 Å². The van der Waals surface area contributed by atoms with Crippen molar-refractivity contribution in [2.75, 3.05) is 0 Å². The third kappa shape index (κ3) is 19.7. The zero-order valence-electron chi connectivity index (χ0n) is 75.7. The van der Waals surface area contributed by atoms with Crippen LogP contribution in [0.1, 0.15) is 231 Å². The lowest BCUT2D eigenvalue weighted by Gasteiger charge is -2.52. The molecule has 0 N–H and O–H groups in total. The molecule has 6 atom stereocenters. The van der Waals surface area contributed by atoms with Crippen LogP contribution >= 0.6 is 0 Å². The molecule has 0 spiro atoms. The standard InChI is InChI=1S/C31H38N.C30H36N.2C26H32N.H2/c1-23-9-5-6-11-28(23)29-21-25(16-20-32(29)4)24-12-14-26(15-13-24)31(3)19-18-30(2)17-8-7-10-27(30)22-31;1-22-8-4-5-10-28(22)29-21-26(16-19-31(29)3)24-13-11-23(12-14-24)25-15-18-30(2)17-7-6-9-27(30)20-25;2*1-18(2)26(19(3)4)22-13-11-21(12-14-22)23-15-16-27(6)25(17-23)24-10-8-7-9-20(24)5;/h5-6,9,11-16,20-21,27H,7-8,10,17-19,22H2,1-4H3;4-5,8,10-14,16,19,21,25,27H,6-7,9,15,17-18,20H2,1-3H3;2*7-19,26H,1-6H3;1H/q4*+1;/t27-,30-,31?;25?,27-,30-;;;/m00.../s1/i;;26D;;1+1. The van der Waals surface area contributed by atoms with Crippen molar-refractivity contribution in [3.63, 3.8) is 0 Å². The molecule has 0 aliphatic heterocycles. The van der Waals surface area contributed by atoms with Crippen LogP contribution in [0.3, 0.4) is 0 Å². The molecule has 4 saturated carbocycles. The summed E-state index contributed by atoms with van der Waals surface area (Å²) in [5, 5.41) is 0. The Bertz CT molecular complexity index is 5360. The molecule has 4 nitrogen and oxygen atoms in total. The maximum atomic E-state index is 9.04. The molecule has 4 heteroatoms. The molecule has 16 rings (SSSR count). The van der Waals surface area contributed by atoms with E-state index in [4.69, 9.17) is 1.37 Å². The molecule has 608 valence electrons. The third-order valence-electron chi connectivity index (χ3n) is 28.4. The lowest BCUT2D eigenvalue weighted by Crippen LogP contribution is -2.42. The first kappa shape index (κ1) is 83.8. The average Bonchev–Trinajstić information content (AvgIpc) is 0.765. The number of rotatable bonds is 16. The van der Waals surface area contributed by atoms with Gasteiger partial charge in [0.05, 0.1) is 0 Å². The van der Waals surface area contributed by atoms with Gasteiger partial charge < -0.3 is 0 Å². The van der Waals surface area contributed by atoms with Crippen molar-refractivity contribution in [2.45, 2.75) is 217 Å². The Morgan fingerprint density at radius 3 is 1.03 bits per heavy atom. The van der Waals surface area contributed by atoms with Gasteiger partial charge in [-0.2, -0.15) is 0 Å². The van der Waals surface area contributed by atoms with Crippen molar-refractivity contribution in [1.82, 2.24) is 0 Å². The van der Waals surface area contributed by atoms with Crippen molar-refractivity contribution < 1.29 is 21.1 Å². The maximum Gasteiger partial charge on any atom is 0.213 e. The van der Waals surface area contributed by atoms with E-state index in [1.54, 1.807) is 5.56 Å². The predicted octanol–water partition coefficient (Wildman–Crippen LogP) is 28.8. The number of aromatic nitrogens is 4. The highest BCUT2D eigenvalue weighted by atomic mass is 14.9. The number of hydrogen-bond donors (Lipinski definition) is 0. The highest BCUT2D eigenvalue weighted by Gasteiger charge is 2.46. The number of fused-ring (bicyclic) bond motifs is 2. The Morgan fingerprint density at radius 1 is 0.333 bits per heavy atom. The van der Waals surface area contributed by atoms with Crippen LogP contribution in [-0.2, 0) is 33.6 Å². The van der Waals surface area contributed by atoms with Gasteiger partial charge in [-0.25, -0.2) is 18.3 Å². The minimum atomic E-state index is -0.562. The molecule has 0 bridgehead atoms. The van der Waals surface area contributed by atoms with E-state index in [1.807, 2.05) is 0 Å². The van der Waals surface area contributed by atoms with Gasteiger partial charge in [0.15, 0.2) is 24.8 Å². The zero-order chi connectivity index (χ0) is 83.8. The minimum absolute atomic E-state index is 0. The van der Waals surface area contributed by atoms with Gasteiger partial charge in [0.1, 0.15) is 28.2 Å². The van der Waals surface area contributed by atoms with Crippen LogP contribution < -0.4 is 18.3 Å². The SMILES string of the molecule is Cc1ccccc1-c1cc(-c2ccc(C(C(C)C)C(C)C)cc2)cc[n+]1C.Cc1ccccc1-c1cc(-c2ccc(C3(C)CC[C@]4(C)CCCC[C@H]4C3)cc2)cc[n+]1C.Cc1ccccc1-c1cc(-c2ccc(C3CC[C@]4(C)CCCC[C@H]4C3)cc2)cc[n+]1C.[2HH].[2H]C(c1ccc(-c2cc[n+](C)c(-c3ccccc3C)c2)cc1)(C(C)C)C(C)C. The molecule has 12 aromatic rings. The van der Waals surface area contributed by atoms with E-state index in [1.165, 1.54) is 213 Å². The summed E-state index contributed by atoms with van der Waals surface area (Å²) in [6.45, 7) is 34.3. The van der Waals surface area contributed by atoms with Crippen molar-refractivity contribution in [1.29, 1.82) is 0 Å². The molecule has 117 heavy (non-hydrogen) atoms. The number of benzene rings is 8. The van der Waals surface area contributed by atoms with Crippen LogP contribution in [0.5, 0.6) is 0 Å². The summed E-state index contributed by atoms with van der Waals surface area (Å²) in [5.74, 6) is 4.47. The normalized spacial score (nSPS) is 20.0. The number of aryl methyl sites for hydroxylation is 8. The first-order valence-corrected chi connectivity index (χ1v) is 44.7. The molecule has 4 heterocycles. The quantitative estimate of drug-likeness (QED) is 0.0857. The number of hydrogen-bond acceptors (Lipinski definition) is 0. The average molecular weight is 1560 g/mol. The summed E-state index contributed by atoms with van der Waals surface area (Å²) >= 11 is 0. The van der Waals surface area contributed by atoms with Gasteiger partial charge in [0.25, 0.3) is 0 Å². The van der Waals surface area contributed by atoms with E-state index in [0.717, 1.165) is 23.3 Å². The van der Waals surface area contributed by atoms with Crippen molar-refractivity contribution >= 4 is 0 Å². The topological polar surface area (TPSA) is 15.5 Å². The van der Waals surface area contributed by atoms with E-state index in [0.29, 0.717) is 34.0 Å². The van der Waals surface area contributed by atoms with Crippen LogP contribution in [0.15, 0.2) is 267 Å². The summed E-state index contributed by atoms with van der Waals surface area (Å²) in [4.78, 5) is 0. The Balaban J connectivity index is 0.000000146. The van der Waals surface area contributed by atoms with E-state index >= 15 is 0 Å². The van der Waals surface area contributed by atoms with Crippen molar-refractivity contribution in [3.05, 3.63) is 312 Å². The fraction of sp³-hybridized carbons (Fsp3) is 0.398. The second-order valence-electron chi connectivity index (χ2n) is 38.0. The van der Waals surface area contributed by atoms with Gasteiger partial charge in [-0.3, -0.25) is 0 Å². The van der Waals surface area contributed by atoms with Crippen LogP contribution in [-0.4, -0.2) is 0 Å². The van der Waals surface area contributed by atoms with Crippen LogP contribution in [0.2, 0.25) is 0 Å². The van der Waals surface area contributed by atoms with Crippen LogP contribution in [0.4, 0.5) is 0 Å². The van der Waals surface area contributed by atoms with E-state index in [-0.39, 0.29) is 13.3 Å². The van der Waals surface area contributed by atoms with Crippen LogP contribution in [0, 0.1) is 74.0 Å².